The smallest absolute Gasteiger partial charge is 0.123 e. The average molecular weight is 268 g/mol. The zero-order valence-corrected chi connectivity index (χ0v) is 12.4. The lowest BCUT2D eigenvalue weighted by atomic mass is 9.86. The summed E-state index contributed by atoms with van der Waals surface area (Å²) in [5.74, 6) is 0.924. The van der Waals surface area contributed by atoms with Crippen LogP contribution in [-0.2, 0) is 5.41 Å². The first kappa shape index (κ1) is 13.4. The molecule has 3 rings (SSSR count). The highest BCUT2D eigenvalue weighted by atomic mass is 19.1. The first-order chi connectivity index (χ1) is 9.45. The third kappa shape index (κ3) is 2.63. The van der Waals surface area contributed by atoms with Gasteiger partial charge in [0.15, 0.2) is 0 Å². The van der Waals surface area contributed by atoms with Crippen LogP contribution < -0.4 is 0 Å². The second kappa shape index (κ2) is 4.73. The molecule has 0 nitrogen and oxygen atoms in total. The molecule has 1 saturated carbocycles. The summed E-state index contributed by atoms with van der Waals surface area (Å²) in [7, 11) is 0. The van der Waals surface area contributed by atoms with Gasteiger partial charge < -0.3 is 0 Å². The van der Waals surface area contributed by atoms with Crippen LogP contribution in [0.5, 0.6) is 0 Å². The highest BCUT2D eigenvalue weighted by Crippen LogP contribution is 2.54. The maximum atomic E-state index is 13.3. The van der Waals surface area contributed by atoms with Crippen LogP contribution in [0.15, 0.2) is 48.5 Å². The molecule has 2 aromatic carbocycles. The Morgan fingerprint density at radius 3 is 2.15 bits per heavy atom. The van der Waals surface area contributed by atoms with Crippen molar-refractivity contribution < 1.29 is 4.39 Å². The number of hydrogen-bond acceptors (Lipinski definition) is 0. The van der Waals surface area contributed by atoms with E-state index in [9.17, 15) is 4.39 Å². The van der Waals surface area contributed by atoms with Gasteiger partial charge >= 0.3 is 0 Å². The molecule has 0 radical (unpaired) electrons. The van der Waals surface area contributed by atoms with E-state index in [4.69, 9.17) is 0 Å². The Morgan fingerprint density at radius 2 is 1.55 bits per heavy atom. The molecular formula is C19H21F. The second-order valence-electron chi connectivity index (χ2n) is 6.88. The Bertz CT molecular complexity index is 604. The maximum absolute atomic E-state index is 13.3. The summed E-state index contributed by atoms with van der Waals surface area (Å²) in [6.07, 6.45) is 1.14. The predicted octanol–water partition coefficient (Wildman–Crippen LogP) is 5.39. The lowest BCUT2D eigenvalue weighted by Crippen LogP contribution is -2.10. The van der Waals surface area contributed by atoms with Crippen LogP contribution in [0, 0.1) is 5.82 Å². The van der Waals surface area contributed by atoms with Gasteiger partial charge in [-0.05, 0) is 52.5 Å². The number of benzene rings is 2. The summed E-state index contributed by atoms with van der Waals surface area (Å²) >= 11 is 0. The maximum Gasteiger partial charge on any atom is 0.123 e. The van der Waals surface area contributed by atoms with Gasteiger partial charge in [0.05, 0.1) is 0 Å². The van der Waals surface area contributed by atoms with E-state index in [0.717, 1.165) is 12.0 Å². The van der Waals surface area contributed by atoms with Crippen molar-refractivity contribution in [3.05, 3.63) is 71.0 Å². The van der Waals surface area contributed by atoms with Crippen molar-refractivity contribution in [2.75, 3.05) is 0 Å². The first-order valence-electron chi connectivity index (χ1n) is 7.31. The summed E-state index contributed by atoms with van der Waals surface area (Å²) in [5, 5.41) is 0. The predicted molar refractivity (Wildman–Crippen MR) is 81.6 cm³/mol. The monoisotopic (exact) mass is 268 g/mol. The van der Waals surface area contributed by atoms with Gasteiger partial charge in [-0.15, -0.1) is 0 Å². The van der Waals surface area contributed by atoms with Crippen molar-refractivity contribution in [1.29, 1.82) is 0 Å². The average Bonchev–Trinajstić information content (AvgIpc) is 3.18. The largest absolute Gasteiger partial charge is 0.207 e. The lowest BCUT2D eigenvalue weighted by molar-refractivity contribution is 0.590. The SMILES string of the molecule is CC(C)(C)c1ccc([C@H]2C[C@H]2c2cccc(F)c2)cc1. The van der Waals surface area contributed by atoms with Crippen LogP contribution in [-0.4, -0.2) is 0 Å². The van der Waals surface area contributed by atoms with Crippen molar-refractivity contribution in [2.24, 2.45) is 0 Å². The molecule has 0 saturated heterocycles. The highest BCUT2D eigenvalue weighted by Gasteiger charge is 2.39. The Labute approximate surface area is 120 Å². The van der Waals surface area contributed by atoms with Gasteiger partial charge in [0.1, 0.15) is 5.82 Å². The number of halogens is 1. The van der Waals surface area contributed by atoms with Gasteiger partial charge in [0.25, 0.3) is 0 Å². The van der Waals surface area contributed by atoms with Crippen LogP contribution in [0.2, 0.25) is 0 Å². The van der Waals surface area contributed by atoms with Crippen LogP contribution in [0.4, 0.5) is 4.39 Å². The summed E-state index contributed by atoms with van der Waals surface area (Å²) < 4.78 is 13.3. The molecule has 0 heterocycles. The molecule has 0 aliphatic heterocycles. The summed E-state index contributed by atoms with van der Waals surface area (Å²) in [5.41, 5.74) is 4.08. The van der Waals surface area contributed by atoms with E-state index >= 15 is 0 Å². The van der Waals surface area contributed by atoms with E-state index in [1.54, 1.807) is 6.07 Å². The highest BCUT2D eigenvalue weighted by molar-refractivity contribution is 5.38. The van der Waals surface area contributed by atoms with Gasteiger partial charge in [0.2, 0.25) is 0 Å². The Hall–Kier alpha value is -1.63. The molecule has 0 N–H and O–H groups in total. The fraction of sp³-hybridized carbons (Fsp3) is 0.368. The molecule has 2 aromatic rings. The van der Waals surface area contributed by atoms with E-state index in [2.05, 4.69) is 45.0 Å². The molecule has 0 spiro atoms. The minimum absolute atomic E-state index is 0.128. The van der Waals surface area contributed by atoms with Crippen molar-refractivity contribution in [3.8, 4) is 0 Å². The fourth-order valence-corrected chi connectivity index (χ4v) is 2.90. The molecule has 0 bridgehead atoms. The molecule has 2 atom stereocenters. The standard InChI is InChI=1S/C19H21F/c1-19(2,3)15-9-7-13(8-10-15)17-12-18(17)14-5-4-6-16(20)11-14/h4-11,17-18H,12H2,1-3H3/t17-,18+/m1/s1. The van der Waals surface area contributed by atoms with Crippen LogP contribution in [0.1, 0.15) is 55.7 Å². The summed E-state index contributed by atoms with van der Waals surface area (Å²) in [6.45, 7) is 6.69. The quantitative estimate of drug-likeness (QED) is 0.684. The first-order valence-corrected chi connectivity index (χ1v) is 7.31. The van der Waals surface area contributed by atoms with E-state index in [1.807, 2.05) is 12.1 Å². The van der Waals surface area contributed by atoms with Crippen LogP contribution >= 0.6 is 0 Å². The van der Waals surface area contributed by atoms with E-state index in [0.29, 0.717) is 11.8 Å². The Balaban J connectivity index is 1.76. The normalized spacial score (nSPS) is 21.8. The molecule has 0 amide bonds. The van der Waals surface area contributed by atoms with Gasteiger partial charge in [-0.2, -0.15) is 0 Å². The molecule has 1 aliphatic carbocycles. The molecule has 0 unspecified atom stereocenters. The van der Waals surface area contributed by atoms with Crippen molar-refractivity contribution >= 4 is 0 Å². The Kier molecular flexibility index (Phi) is 3.16. The van der Waals surface area contributed by atoms with E-state index in [1.165, 1.54) is 17.2 Å². The third-order valence-corrected chi connectivity index (χ3v) is 4.27. The Morgan fingerprint density at radius 1 is 0.900 bits per heavy atom. The fourth-order valence-electron chi connectivity index (χ4n) is 2.90. The minimum Gasteiger partial charge on any atom is -0.207 e. The lowest BCUT2D eigenvalue weighted by Gasteiger charge is -2.19. The number of rotatable bonds is 2. The van der Waals surface area contributed by atoms with Crippen molar-refractivity contribution in [3.63, 3.8) is 0 Å². The van der Waals surface area contributed by atoms with Crippen molar-refractivity contribution in [2.45, 2.75) is 44.4 Å². The topological polar surface area (TPSA) is 0 Å². The zero-order valence-electron chi connectivity index (χ0n) is 12.4. The molecular weight excluding hydrogens is 247 g/mol. The summed E-state index contributed by atoms with van der Waals surface area (Å²) in [6, 6.07) is 16.0. The van der Waals surface area contributed by atoms with Gasteiger partial charge in [-0.3, -0.25) is 0 Å². The van der Waals surface area contributed by atoms with Gasteiger partial charge in [0, 0.05) is 0 Å². The van der Waals surface area contributed by atoms with Gasteiger partial charge in [-0.1, -0.05) is 57.2 Å². The minimum atomic E-state index is -0.128. The van der Waals surface area contributed by atoms with Crippen LogP contribution in [0.25, 0.3) is 0 Å². The van der Waals surface area contributed by atoms with Crippen molar-refractivity contribution in [1.82, 2.24) is 0 Å². The molecule has 1 fully saturated rings. The molecule has 0 aromatic heterocycles. The summed E-state index contributed by atoms with van der Waals surface area (Å²) in [4.78, 5) is 0. The molecule has 1 aliphatic rings. The molecule has 20 heavy (non-hydrogen) atoms. The van der Waals surface area contributed by atoms with E-state index in [-0.39, 0.29) is 11.2 Å². The van der Waals surface area contributed by atoms with Crippen LogP contribution in [0.3, 0.4) is 0 Å². The number of hydrogen-bond donors (Lipinski definition) is 0. The molecule has 1 heteroatoms. The van der Waals surface area contributed by atoms with E-state index < -0.39 is 0 Å². The third-order valence-electron chi connectivity index (χ3n) is 4.27. The second-order valence-corrected chi connectivity index (χ2v) is 6.88. The zero-order chi connectivity index (χ0) is 14.3. The van der Waals surface area contributed by atoms with Gasteiger partial charge in [-0.25, -0.2) is 4.39 Å². The molecule has 104 valence electrons.